The standard InChI is InChI=1S/C29H34N6O3/c1-33(2)19-28(36)34-15-13-20(14-16-34)21-9-11-24(27(17-21)38-4)31-29-30-18-22-10-12-25(35(22)32-29)23-7-5-6-8-26(23)37-3/h5-12,17-18,20H,13-16,19H2,1-4H3,(H,31,32). The van der Waals surface area contributed by atoms with E-state index in [0.29, 0.717) is 18.4 Å². The van der Waals surface area contributed by atoms with Crippen molar-refractivity contribution >= 4 is 23.1 Å². The van der Waals surface area contributed by atoms with Gasteiger partial charge in [-0.1, -0.05) is 18.2 Å². The van der Waals surface area contributed by atoms with E-state index < -0.39 is 0 Å². The second-order valence-corrected chi connectivity index (χ2v) is 9.81. The molecule has 1 N–H and O–H groups in total. The van der Waals surface area contributed by atoms with Crippen LogP contribution in [0, 0.1) is 0 Å². The first-order chi connectivity index (χ1) is 18.5. The molecule has 0 aliphatic carbocycles. The van der Waals surface area contributed by atoms with Gasteiger partial charge in [0.1, 0.15) is 11.5 Å². The lowest BCUT2D eigenvalue weighted by Gasteiger charge is -2.33. The molecular weight excluding hydrogens is 480 g/mol. The second-order valence-electron chi connectivity index (χ2n) is 9.81. The Hall–Kier alpha value is -4.11. The van der Waals surface area contributed by atoms with Gasteiger partial charge < -0.3 is 24.6 Å². The van der Waals surface area contributed by atoms with E-state index in [2.05, 4.69) is 22.4 Å². The maximum Gasteiger partial charge on any atom is 0.245 e. The average molecular weight is 515 g/mol. The number of carbonyl (C=O) groups is 1. The molecule has 1 aliphatic heterocycles. The fourth-order valence-electron chi connectivity index (χ4n) is 5.04. The lowest BCUT2D eigenvalue weighted by molar-refractivity contribution is -0.132. The number of amides is 1. The van der Waals surface area contributed by atoms with Gasteiger partial charge in [0, 0.05) is 18.7 Å². The van der Waals surface area contributed by atoms with E-state index in [1.807, 2.05) is 70.9 Å². The Kier molecular flexibility index (Phi) is 7.46. The summed E-state index contributed by atoms with van der Waals surface area (Å²) in [6.45, 7) is 2.01. The number of fused-ring (bicyclic) bond motifs is 1. The molecule has 4 aromatic rings. The van der Waals surface area contributed by atoms with Crippen molar-refractivity contribution < 1.29 is 14.3 Å². The summed E-state index contributed by atoms with van der Waals surface area (Å²) in [5.74, 6) is 2.56. The van der Waals surface area contributed by atoms with Crippen LogP contribution in [0.4, 0.5) is 11.6 Å². The van der Waals surface area contributed by atoms with E-state index in [9.17, 15) is 4.79 Å². The number of methoxy groups -OCH3 is 2. The number of aromatic nitrogens is 3. The lowest BCUT2D eigenvalue weighted by Crippen LogP contribution is -2.42. The van der Waals surface area contributed by atoms with Crippen molar-refractivity contribution in [3.8, 4) is 22.8 Å². The van der Waals surface area contributed by atoms with Crippen LogP contribution in [0.5, 0.6) is 11.5 Å². The van der Waals surface area contributed by atoms with Crippen LogP contribution in [0.25, 0.3) is 16.8 Å². The highest BCUT2D eigenvalue weighted by Crippen LogP contribution is 2.35. The molecule has 2 aromatic carbocycles. The summed E-state index contributed by atoms with van der Waals surface area (Å²) in [5, 5.41) is 8.08. The number of piperidine rings is 1. The van der Waals surface area contributed by atoms with Gasteiger partial charge >= 0.3 is 0 Å². The van der Waals surface area contributed by atoms with Crippen molar-refractivity contribution in [1.29, 1.82) is 0 Å². The number of para-hydroxylation sites is 1. The van der Waals surface area contributed by atoms with Crippen LogP contribution in [0.15, 0.2) is 60.8 Å². The Labute approximate surface area is 223 Å². The number of carbonyl (C=O) groups excluding carboxylic acids is 1. The van der Waals surface area contributed by atoms with Crippen molar-refractivity contribution in [2.45, 2.75) is 18.8 Å². The van der Waals surface area contributed by atoms with Gasteiger partial charge in [-0.05, 0) is 74.8 Å². The number of likely N-dealkylation sites (tertiary alicyclic amines) is 1. The van der Waals surface area contributed by atoms with Gasteiger partial charge in [-0.15, -0.1) is 5.10 Å². The fourth-order valence-corrected chi connectivity index (χ4v) is 5.04. The van der Waals surface area contributed by atoms with Crippen molar-refractivity contribution in [3.63, 3.8) is 0 Å². The number of rotatable bonds is 8. The maximum absolute atomic E-state index is 12.4. The molecule has 0 atom stereocenters. The summed E-state index contributed by atoms with van der Waals surface area (Å²) in [7, 11) is 7.18. The van der Waals surface area contributed by atoms with Crippen LogP contribution < -0.4 is 14.8 Å². The Morgan fingerprint density at radius 2 is 1.79 bits per heavy atom. The van der Waals surface area contributed by atoms with Gasteiger partial charge in [-0.3, -0.25) is 4.79 Å². The number of hydrogen-bond acceptors (Lipinski definition) is 7. The summed E-state index contributed by atoms with van der Waals surface area (Å²) < 4.78 is 13.2. The predicted molar refractivity (Wildman–Crippen MR) is 148 cm³/mol. The maximum atomic E-state index is 12.4. The van der Waals surface area contributed by atoms with Crippen molar-refractivity contribution in [3.05, 3.63) is 66.4 Å². The van der Waals surface area contributed by atoms with Crippen LogP contribution in [0.3, 0.4) is 0 Å². The number of hydrogen-bond donors (Lipinski definition) is 1. The van der Waals surface area contributed by atoms with Crippen LogP contribution in [-0.2, 0) is 4.79 Å². The van der Waals surface area contributed by atoms with Crippen molar-refractivity contribution in [2.24, 2.45) is 0 Å². The molecule has 5 rings (SSSR count). The molecule has 1 amide bonds. The number of likely N-dealkylation sites (N-methyl/N-ethyl adjacent to an activating group) is 1. The molecule has 9 heteroatoms. The minimum atomic E-state index is 0.194. The Bertz CT molecular complexity index is 1430. The second kappa shape index (κ2) is 11.1. The summed E-state index contributed by atoms with van der Waals surface area (Å²) in [6, 6.07) is 18.1. The molecule has 1 saturated heterocycles. The Balaban J connectivity index is 1.34. The van der Waals surface area contributed by atoms with Gasteiger partial charge in [-0.25, -0.2) is 9.50 Å². The van der Waals surface area contributed by atoms with Crippen molar-refractivity contribution in [1.82, 2.24) is 24.4 Å². The van der Waals surface area contributed by atoms with E-state index >= 15 is 0 Å². The topological polar surface area (TPSA) is 84.2 Å². The van der Waals surface area contributed by atoms with E-state index in [4.69, 9.17) is 14.6 Å². The summed E-state index contributed by atoms with van der Waals surface area (Å²) in [6.07, 6.45) is 3.67. The summed E-state index contributed by atoms with van der Waals surface area (Å²) in [4.78, 5) is 20.8. The molecule has 0 unspecified atom stereocenters. The first-order valence-electron chi connectivity index (χ1n) is 12.8. The zero-order chi connectivity index (χ0) is 26.6. The normalized spacial score (nSPS) is 14.2. The third kappa shape index (κ3) is 5.28. The number of anilines is 2. The highest BCUT2D eigenvalue weighted by Gasteiger charge is 2.24. The molecular formula is C29H34N6O3. The molecule has 0 radical (unpaired) electrons. The monoisotopic (exact) mass is 514 g/mol. The van der Waals surface area contributed by atoms with E-state index in [1.54, 1.807) is 20.4 Å². The molecule has 38 heavy (non-hydrogen) atoms. The molecule has 0 bridgehead atoms. The van der Waals surface area contributed by atoms with Gasteiger partial charge in [0.25, 0.3) is 0 Å². The van der Waals surface area contributed by atoms with E-state index in [0.717, 1.165) is 59.9 Å². The molecule has 9 nitrogen and oxygen atoms in total. The van der Waals surface area contributed by atoms with Gasteiger partial charge in [0.15, 0.2) is 0 Å². The molecule has 1 fully saturated rings. The first-order valence-corrected chi connectivity index (χ1v) is 12.8. The third-order valence-corrected chi connectivity index (χ3v) is 7.02. The molecule has 198 valence electrons. The Morgan fingerprint density at radius 1 is 1.03 bits per heavy atom. The number of benzene rings is 2. The minimum absolute atomic E-state index is 0.194. The number of nitrogens with zero attached hydrogens (tertiary/aromatic N) is 5. The molecule has 0 spiro atoms. The summed E-state index contributed by atoms with van der Waals surface area (Å²) in [5.41, 5.74) is 4.76. The first kappa shape index (κ1) is 25.5. The largest absolute Gasteiger partial charge is 0.496 e. The molecule has 3 heterocycles. The minimum Gasteiger partial charge on any atom is -0.496 e. The zero-order valence-electron chi connectivity index (χ0n) is 22.3. The van der Waals surface area contributed by atoms with Crippen LogP contribution >= 0.6 is 0 Å². The number of ether oxygens (including phenoxy) is 2. The zero-order valence-corrected chi connectivity index (χ0v) is 22.3. The Morgan fingerprint density at radius 3 is 2.53 bits per heavy atom. The average Bonchev–Trinajstić information content (AvgIpc) is 3.36. The number of nitrogens with one attached hydrogen (secondary N) is 1. The van der Waals surface area contributed by atoms with Gasteiger partial charge in [-0.2, -0.15) is 0 Å². The molecule has 1 aliphatic rings. The van der Waals surface area contributed by atoms with Crippen LogP contribution in [0.2, 0.25) is 0 Å². The summed E-state index contributed by atoms with van der Waals surface area (Å²) >= 11 is 0. The van der Waals surface area contributed by atoms with E-state index in [1.165, 1.54) is 5.56 Å². The van der Waals surface area contributed by atoms with Crippen LogP contribution in [0.1, 0.15) is 24.3 Å². The van der Waals surface area contributed by atoms with Crippen LogP contribution in [-0.4, -0.2) is 78.3 Å². The smallest absolute Gasteiger partial charge is 0.245 e. The lowest BCUT2D eigenvalue weighted by atomic mass is 9.89. The van der Waals surface area contributed by atoms with E-state index in [-0.39, 0.29) is 5.91 Å². The SMILES string of the molecule is COc1cc(C2CCN(C(=O)CN(C)C)CC2)ccc1Nc1ncc2ccc(-c3ccccc3OC)n2n1. The highest BCUT2D eigenvalue weighted by atomic mass is 16.5. The molecule has 2 aromatic heterocycles. The third-order valence-electron chi connectivity index (χ3n) is 7.02. The van der Waals surface area contributed by atoms with Crippen molar-refractivity contribution in [2.75, 3.05) is 53.3 Å². The highest BCUT2D eigenvalue weighted by molar-refractivity contribution is 5.78. The quantitative estimate of drug-likeness (QED) is 0.373. The van der Waals surface area contributed by atoms with Gasteiger partial charge in [0.05, 0.1) is 43.9 Å². The van der Waals surface area contributed by atoms with Gasteiger partial charge in [0.2, 0.25) is 11.9 Å². The fraction of sp³-hybridized carbons (Fsp3) is 0.345. The predicted octanol–water partition coefficient (Wildman–Crippen LogP) is 4.42. The molecule has 0 saturated carbocycles.